The van der Waals surface area contributed by atoms with Gasteiger partial charge in [-0.15, -0.1) is 13.2 Å². The third-order valence-corrected chi connectivity index (χ3v) is 3.00. The molecular weight excluding hydrogens is 258 g/mol. The van der Waals surface area contributed by atoms with Gasteiger partial charge >= 0.3 is 11.8 Å². The Kier molecular flexibility index (Phi) is 7.60. The van der Waals surface area contributed by atoms with Crippen molar-refractivity contribution in [2.75, 3.05) is 52.5 Å². The number of nitrogens with zero attached hydrogens (tertiary/aromatic N) is 2. The smallest absolute Gasteiger partial charge is 0.312 e. The lowest BCUT2D eigenvalue weighted by Crippen LogP contribution is -2.46. The number of carbonyl (C=O) groups is 2. The van der Waals surface area contributed by atoms with Crippen molar-refractivity contribution in [1.82, 2.24) is 15.1 Å². The summed E-state index contributed by atoms with van der Waals surface area (Å²) < 4.78 is 5.24. The van der Waals surface area contributed by atoms with E-state index in [1.165, 1.54) is 4.90 Å². The van der Waals surface area contributed by atoms with Crippen LogP contribution in [0.1, 0.15) is 0 Å². The molecule has 0 aliphatic carbocycles. The Hall–Kier alpha value is -1.66. The van der Waals surface area contributed by atoms with Gasteiger partial charge in [0.25, 0.3) is 0 Å². The van der Waals surface area contributed by atoms with Gasteiger partial charge in [0.05, 0.1) is 13.2 Å². The van der Waals surface area contributed by atoms with Gasteiger partial charge in [-0.25, -0.2) is 0 Å². The second-order valence-electron chi connectivity index (χ2n) is 4.50. The van der Waals surface area contributed by atoms with E-state index >= 15 is 0 Å². The van der Waals surface area contributed by atoms with Crippen molar-refractivity contribution in [3.05, 3.63) is 25.3 Å². The Morgan fingerprint density at radius 2 is 1.80 bits per heavy atom. The molecular formula is C14H23N3O3. The van der Waals surface area contributed by atoms with E-state index < -0.39 is 11.8 Å². The Morgan fingerprint density at radius 1 is 1.20 bits per heavy atom. The molecule has 1 aliphatic rings. The van der Waals surface area contributed by atoms with E-state index in [9.17, 15) is 9.59 Å². The minimum absolute atomic E-state index is 0.335. The normalized spacial score (nSPS) is 15.4. The van der Waals surface area contributed by atoms with Crippen LogP contribution in [0, 0.1) is 0 Å². The van der Waals surface area contributed by atoms with Crippen LogP contribution < -0.4 is 5.32 Å². The van der Waals surface area contributed by atoms with E-state index in [1.807, 2.05) is 0 Å². The van der Waals surface area contributed by atoms with Gasteiger partial charge < -0.3 is 15.0 Å². The molecule has 6 heteroatoms. The van der Waals surface area contributed by atoms with Crippen LogP contribution in [0.4, 0.5) is 0 Å². The third-order valence-electron chi connectivity index (χ3n) is 3.00. The molecule has 1 fully saturated rings. The zero-order valence-corrected chi connectivity index (χ0v) is 11.8. The Bertz CT molecular complexity index is 342. The maximum atomic E-state index is 11.9. The summed E-state index contributed by atoms with van der Waals surface area (Å²) in [5.74, 6) is -1.13. The van der Waals surface area contributed by atoms with Crippen molar-refractivity contribution in [2.45, 2.75) is 0 Å². The fourth-order valence-corrected chi connectivity index (χ4v) is 1.92. The lowest BCUT2D eigenvalue weighted by Gasteiger charge is -2.26. The van der Waals surface area contributed by atoms with Gasteiger partial charge in [-0.05, 0) is 0 Å². The van der Waals surface area contributed by atoms with Crippen LogP contribution in [0.3, 0.4) is 0 Å². The number of hydrogen-bond donors (Lipinski definition) is 1. The summed E-state index contributed by atoms with van der Waals surface area (Å²) in [6.07, 6.45) is 3.17. The molecule has 1 heterocycles. The summed E-state index contributed by atoms with van der Waals surface area (Å²) >= 11 is 0. The molecule has 0 atom stereocenters. The minimum Gasteiger partial charge on any atom is -0.379 e. The average molecular weight is 281 g/mol. The van der Waals surface area contributed by atoms with Gasteiger partial charge in [-0.2, -0.15) is 0 Å². The van der Waals surface area contributed by atoms with Crippen LogP contribution in [0.15, 0.2) is 25.3 Å². The molecule has 1 rings (SSSR count). The van der Waals surface area contributed by atoms with Crippen molar-refractivity contribution in [2.24, 2.45) is 0 Å². The van der Waals surface area contributed by atoms with Gasteiger partial charge in [0.1, 0.15) is 0 Å². The molecule has 112 valence electrons. The first-order chi connectivity index (χ1) is 9.69. The number of amides is 2. The van der Waals surface area contributed by atoms with Gasteiger partial charge in [0.2, 0.25) is 0 Å². The van der Waals surface area contributed by atoms with Crippen molar-refractivity contribution in [3.63, 3.8) is 0 Å². The van der Waals surface area contributed by atoms with Crippen LogP contribution in [0.25, 0.3) is 0 Å². The van der Waals surface area contributed by atoms with Crippen LogP contribution in [-0.4, -0.2) is 74.1 Å². The summed E-state index contributed by atoms with van der Waals surface area (Å²) in [4.78, 5) is 27.2. The minimum atomic E-state index is -0.582. The summed E-state index contributed by atoms with van der Waals surface area (Å²) in [6, 6.07) is 0. The average Bonchev–Trinajstić information content (AvgIpc) is 2.47. The number of hydrogen-bond acceptors (Lipinski definition) is 4. The molecule has 0 aromatic rings. The molecule has 2 amide bonds. The first-order valence-electron chi connectivity index (χ1n) is 6.78. The number of rotatable bonds is 7. The fraction of sp³-hybridized carbons (Fsp3) is 0.571. The highest BCUT2D eigenvalue weighted by molar-refractivity contribution is 6.35. The van der Waals surface area contributed by atoms with Crippen LogP contribution >= 0.6 is 0 Å². The highest BCUT2D eigenvalue weighted by atomic mass is 16.5. The highest BCUT2D eigenvalue weighted by Gasteiger charge is 2.19. The van der Waals surface area contributed by atoms with E-state index in [2.05, 4.69) is 23.4 Å². The molecule has 0 unspecified atom stereocenters. The second-order valence-corrected chi connectivity index (χ2v) is 4.50. The SMILES string of the molecule is C=CCN(CC=C)C(=O)C(=O)NCCN1CCOCC1. The predicted molar refractivity (Wildman–Crippen MR) is 77.2 cm³/mol. The first-order valence-corrected chi connectivity index (χ1v) is 6.78. The number of carbonyl (C=O) groups excluding carboxylic acids is 2. The van der Waals surface area contributed by atoms with E-state index in [0.29, 0.717) is 19.6 Å². The Morgan fingerprint density at radius 3 is 2.35 bits per heavy atom. The fourth-order valence-electron chi connectivity index (χ4n) is 1.92. The Balaban J connectivity index is 2.30. The monoisotopic (exact) mass is 281 g/mol. The maximum absolute atomic E-state index is 11.9. The van der Waals surface area contributed by atoms with E-state index in [4.69, 9.17) is 4.74 Å². The van der Waals surface area contributed by atoms with Crippen molar-refractivity contribution in [3.8, 4) is 0 Å². The van der Waals surface area contributed by atoms with Gasteiger partial charge in [-0.1, -0.05) is 12.2 Å². The summed E-state index contributed by atoms with van der Waals surface area (Å²) in [7, 11) is 0. The van der Waals surface area contributed by atoms with Crippen LogP contribution in [0.2, 0.25) is 0 Å². The molecule has 1 aliphatic heterocycles. The van der Waals surface area contributed by atoms with Gasteiger partial charge in [-0.3, -0.25) is 14.5 Å². The van der Waals surface area contributed by atoms with Crippen molar-refractivity contribution in [1.29, 1.82) is 0 Å². The number of nitrogens with one attached hydrogen (secondary N) is 1. The highest BCUT2D eigenvalue weighted by Crippen LogP contribution is 1.95. The quantitative estimate of drug-likeness (QED) is 0.511. The molecule has 0 bridgehead atoms. The second kappa shape index (κ2) is 9.28. The molecule has 1 N–H and O–H groups in total. The van der Waals surface area contributed by atoms with Crippen LogP contribution in [0.5, 0.6) is 0 Å². The molecule has 0 aromatic heterocycles. The molecule has 6 nitrogen and oxygen atoms in total. The van der Waals surface area contributed by atoms with E-state index in [0.717, 1.165) is 32.8 Å². The van der Waals surface area contributed by atoms with Crippen LogP contribution in [-0.2, 0) is 14.3 Å². The zero-order chi connectivity index (χ0) is 14.8. The van der Waals surface area contributed by atoms with Gasteiger partial charge in [0, 0.05) is 39.3 Å². The van der Waals surface area contributed by atoms with Crippen molar-refractivity contribution < 1.29 is 14.3 Å². The lowest BCUT2D eigenvalue weighted by atomic mass is 10.3. The summed E-state index contributed by atoms with van der Waals surface area (Å²) in [5.41, 5.74) is 0. The topological polar surface area (TPSA) is 61.9 Å². The van der Waals surface area contributed by atoms with E-state index in [1.54, 1.807) is 12.2 Å². The Labute approximate surface area is 120 Å². The standard InChI is InChI=1S/C14H23N3O3/c1-3-6-17(7-4-2)14(19)13(18)15-5-8-16-9-11-20-12-10-16/h3-4H,1-2,5-12H2,(H,15,18). The molecule has 0 saturated carbocycles. The van der Waals surface area contributed by atoms with Crippen molar-refractivity contribution >= 4 is 11.8 Å². The molecule has 0 aromatic carbocycles. The summed E-state index contributed by atoms with van der Waals surface area (Å²) in [5, 5.41) is 2.65. The van der Waals surface area contributed by atoms with Gasteiger partial charge in [0.15, 0.2) is 0 Å². The lowest BCUT2D eigenvalue weighted by molar-refractivity contribution is -0.145. The largest absolute Gasteiger partial charge is 0.379 e. The molecule has 20 heavy (non-hydrogen) atoms. The maximum Gasteiger partial charge on any atom is 0.312 e. The van der Waals surface area contributed by atoms with E-state index in [-0.39, 0.29) is 0 Å². The first kappa shape index (κ1) is 16.4. The third kappa shape index (κ3) is 5.54. The predicted octanol–water partition coefficient (Wildman–Crippen LogP) is -0.365. The molecule has 1 saturated heterocycles. The number of morpholine rings is 1. The zero-order valence-electron chi connectivity index (χ0n) is 11.8. The molecule has 0 spiro atoms. The summed E-state index contributed by atoms with van der Waals surface area (Å²) in [6.45, 7) is 12.2. The molecule has 0 radical (unpaired) electrons. The number of ether oxygens (including phenoxy) is 1.